The molecule has 0 aliphatic carbocycles. The van der Waals surface area contributed by atoms with Gasteiger partial charge in [-0.15, -0.1) is 0 Å². The summed E-state index contributed by atoms with van der Waals surface area (Å²) in [5.41, 5.74) is 4.04. The first-order chi connectivity index (χ1) is 17.0. The van der Waals surface area contributed by atoms with Crippen LogP contribution in [0.2, 0.25) is 0 Å². The summed E-state index contributed by atoms with van der Waals surface area (Å²) in [7, 11) is 0. The van der Waals surface area contributed by atoms with E-state index in [0.717, 1.165) is 22.3 Å². The topological polar surface area (TPSA) is 78.4 Å². The van der Waals surface area contributed by atoms with E-state index in [4.69, 9.17) is 0 Å². The van der Waals surface area contributed by atoms with Crippen LogP contribution < -0.4 is 10.6 Å². The molecular formula is C30H34N2O3. The standard InChI is InChI=1S/C30H34N2O3/c1-22(2)29(30(35)31-26(21-33)20-23-12-6-3-7-13-23)32-28(34)19-18-27(24-14-8-4-9-15-24)25-16-10-5-11-17-25/h3-18,22,26,29,33H,19-21H2,1-2H3,(H,31,35)(H,32,34)/t26-,29-/m0/s1. The van der Waals surface area contributed by atoms with E-state index >= 15 is 0 Å². The van der Waals surface area contributed by atoms with E-state index in [-0.39, 0.29) is 30.8 Å². The molecule has 3 aromatic carbocycles. The fourth-order valence-electron chi connectivity index (χ4n) is 3.95. The minimum atomic E-state index is -0.697. The number of hydrogen-bond acceptors (Lipinski definition) is 3. The van der Waals surface area contributed by atoms with Gasteiger partial charge < -0.3 is 15.7 Å². The monoisotopic (exact) mass is 470 g/mol. The van der Waals surface area contributed by atoms with Crippen molar-refractivity contribution in [3.63, 3.8) is 0 Å². The Bertz CT molecular complexity index is 1050. The summed E-state index contributed by atoms with van der Waals surface area (Å²) >= 11 is 0. The summed E-state index contributed by atoms with van der Waals surface area (Å²) < 4.78 is 0. The summed E-state index contributed by atoms with van der Waals surface area (Å²) in [6.45, 7) is 3.61. The lowest BCUT2D eigenvalue weighted by atomic mass is 9.96. The minimum absolute atomic E-state index is 0.110. The maximum atomic E-state index is 13.0. The van der Waals surface area contributed by atoms with Crippen LogP contribution >= 0.6 is 0 Å². The second-order valence-corrected chi connectivity index (χ2v) is 8.92. The average molecular weight is 471 g/mol. The molecule has 0 aliphatic heterocycles. The van der Waals surface area contributed by atoms with Crippen LogP contribution in [0, 0.1) is 5.92 Å². The highest BCUT2D eigenvalue weighted by atomic mass is 16.3. The largest absolute Gasteiger partial charge is 0.394 e. The third-order valence-electron chi connectivity index (χ3n) is 5.82. The Labute approximate surface area is 207 Å². The number of carbonyl (C=O) groups excluding carboxylic acids is 2. The molecule has 0 bridgehead atoms. The van der Waals surface area contributed by atoms with Gasteiger partial charge in [0, 0.05) is 6.42 Å². The maximum Gasteiger partial charge on any atom is 0.243 e. The van der Waals surface area contributed by atoms with Crippen LogP contribution in [0.1, 0.15) is 37.0 Å². The van der Waals surface area contributed by atoms with Gasteiger partial charge in [0.05, 0.1) is 12.6 Å². The van der Waals surface area contributed by atoms with Crippen molar-refractivity contribution < 1.29 is 14.7 Å². The molecule has 0 aromatic heterocycles. The molecular weight excluding hydrogens is 436 g/mol. The van der Waals surface area contributed by atoms with Gasteiger partial charge in [-0.25, -0.2) is 0 Å². The molecule has 5 heteroatoms. The number of hydrogen-bond donors (Lipinski definition) is 3. The summed E-state index contributed by atoms with van der Waals surface area (Å²) in [4.78, 5) is 25.9. The quantitative estimate of drug-likeness (QED) is 0.389. The normalized spacial score (nSPS) is 12.5. The summed E-state index contributed by atoms with van der Waals surface area (Å²) in [6.07, 6.45) is 2.56. The predicted molar refractivity (Wildman–Crippen MR) is 141 cm³/mol. The Morgan fingerprint density at radius 3 is 1.80 bits per heavy atom. The number of benzene rings is 3. The van der Waals surface area contributed by atoms with Crippen LogP contribution in [0.5, 0.6) is 0 Å². The zero-order chi connectivity index (χ0) is 25.0. The molecule has 3 N–H and O–H groups in total. The molecule has 0 saturated carbocycles. The Morgan fingerprint density at radius 1 is 0.800 bits per heavy atom. The summed E-state index contributed by atoms with van der Waals surface area (Å²) in [5, 5.41) is 15.6. The van der Waals surface area contributed by atoms with E-state index in [2.05, 4.69) is 10.6 Å². The van der Waals surface area contributed by atoms with Gasteiger partial charge in [0.1, 0.15) is 6.04 Å². The molecule has 35 heavy (non-hydrogen) atoms. The molecule has 0 fully saturated rings. The van der Waals surface area contributed by atoms with E-state index in [0.29, 0.717) is 6.42 Å². The number of aliphatic hydroxyl groups is 1. The number of aliphatic hydroxyl groups excluding tert-OH is 1. The van der Waals surface area contributed by atoms with Gasteiger partial charge >= 0.3 is 0 Å². The van der Waals surface area contributed by atoms with Gasteiger partial charge in [-0.2, -0.15) is 0 Å². The number of nitrogens with one attached hydrogen (secondary N) is 2. The van der Waals surface area contributed by atoms with Crippen LogP contribution in [-0.2, 0) is 16.0 Å². The second-order valence-electron chi connectivity index (χ2n) is 8.92. The third kappa shape index (κ3) is 7.94. The zero-order valence-electron chi connectivity index (χ0n) is 20.4. The van der Waals surface area contributed by atoms with Crippen LogP contribution in [0.15, 0.2) is 97.1 Å². The lowest BCUT2D eigenvalue weighted by molar-refractivity contribution is -0.130. The van der Waals surface area contributed by atoms with E-state index in [1.165, 1.54) is 0 Å². The highest BCUT2D eigenvalue weighted by Crippen LogP contribution is 2.23. The van der Waals surface area contributed by atoms with E-state index < -0.39 is 12.1 Å². The average Bonchev–Trinajstić information content (AvgIpc) is 2.88. The van der Waals surface area contributed by atoms with Gasteiger partial charge in [-0.1, -0.05) is 111 Å². The molecule has 3 aromatic rings. The summed E-state index contributed by atoms with van der Waals surface area (Å²) in [6, 6.07) is 28.4. The first-order valence-corrected chi connectivity index (χ1v) is 12.0. The fraction of sp³-hybridized carbons (Fsp3) is 0.267. The number of carbonyl (C=O) groups is 2. The summed E-state index contributed by atoms with van der Waals surface area (Å²) in [5.74, 6) is -0.632. The van der Waals surface area contributed by atoms with Crippen molar-refractivity contribution in [3.8, 4) is 0 Å². The van der Waals surface area contributed by atoms with Crippen molar-refractivity contribution in [3.05, 3.63) is 114 Å². The van der Waals surface area contributed by atoms with Gasteiger partial charge in [0.15, 0.2) is 0 Å². The molecule has 3 rings (SSSR count). The van der Waals surface area contributed by atoms with Crippen molar-refractivity contribution in [2.75, 3.05) is 6.61 Å². The zero-order valence-corrected chi connectivity index (χ0v) is 20.4. The number of amides is 2. The van der Waals surface area contributed by atoms with Crippen LogP contribution in [0.25, 0.3) is 5.57 Å². The van der Waals surface area contributed by atoms with E-state index in [9.17, 15) is 14.7 Å². The molecule has 0 saturated heterocycles. The molecule has 2 atom stereocenters. The minimum Gasteiger partial charge on any atom is -0.394 e. The third-order valence-corrected chi connectivity index (χ3v) is 5.82. The first kappa shape index (κ1) is 25.9. The lowest BCUT2D eigenvalue weighted by Gasteiger charge is -2.25. The first-order valence-electron chi connectivity index (χ1n) is 12.0. The maximum absolute atomic E-state index is 13.0. The Kier molecular flexibility index (Phi) is 9.81. The highest BCUT2D eigenvalue weighted by Gasteiger charge is 2.26. The SMILES string of the molecule is CC(C)[C@H](NC(=O)CC=C(c1ccccc1)c1ccccc1)C(=O)N[C@H](CO)Cc1ccccc1. The molecule has 0 heterocycles. The van der Waals surface area contributed by atoms with Gasteiger partial charge in [-0.05, 0) is 34.6 Å². The van der Waals surface area contributed by atoms with Crippen LogP contribution in [-0.4, -0.2) is 35.6 Å². The predicted octanol–water partition coefficient (Wildman–Crippen LogP) is 4.37. The number of rotatable bonds is 11. The second kappa shape index (κ2) is 13.3. The van der Waals surface area contributed by atoms with Gasteiger partial charge in [0.25, 0.3) is 0 Å². The molecule has 182 valence electrons. The van der Waals surface area contributed by atoms with E-state index in [1.807, 2.05) is 111 Å². The van der Waals surface area contributed by atoms with Crippen LogP contribution in [0.3, 0.4) is 0 Å². The molecule has 0 spiro atoms. The highest BCUT2D eigenvalue weighted by molar-refractivity contribution is 5.90. The molecule has 5 nitrogen and oxygen atoms in total. The Hall–Kier alpha value is -3.70. The fourth-order valence-corrected chi connectivity index (χ4v) is 3.95. The van der Waals surface area contributed by atoms with Crippen molar-refractivity contribution in [2.24, 2.45) is 5.92 Å². The van der Waals surface area contributed by atoms with Crippen molar-refractivity contribution in [1.82, 2.24) is 10.6 Å². The lowest BCUT2D eigenvalue weighted by Crippen LogP contribution is -2.53. The van der Waals surface area contributed by atoms with E-state index in [1.54, 1.807) is 0 Å². The molecule has 0 unspecified atom stereocenters. The van der Waals surface area contributed by atoms with Crippen molar-refractivity contribution in [1.29, 1.82) is 0 Å². The van der Waals surface area contributed by atoms with Gasteiger partial charge in [0.2, 0.25) is 11.8 Å². The molecule has 0 aliphatic rings. The van der Waals surface area contributed by atoms with Gasteiger partial charge in [-0.3, -0.25) is 9.59 Å². The van der Waals surface area contributed by atoms with Crippen molar-refractivity contribution in [2.45, 2.75) is 38.8 Å². The van der Waals surface area contributed by atoms with Crippen molar-refractivity contribution >= 4 is 17.4 Å². The Balaban J connectivity index is 1.68. The Morgan fingerprint density at radius 2 is 1.31 bits per heavy atom. The smallest absolute Gasteiger partial charge is 0.243 e. The van der Waals surface area contributed by atoms with Crippen LogP contribution in [0.4, 0.5) is 0 Å². The molecule has 0 radical (unpaired) electrons. The molecule has 2 amide bonds.